The molecule has 1 N–H and O–H groups in total. The van der Waals surface area contributed by atoms with Crippen LogP contribution in [0.25, 0.3) is 0 Å². The summed E-state index contributed by atoms with van der Waals surface area (Å²) in [5.41, 5.74) is 1.88. The van der Waals surface area contributed by atoms with Crippen molar-refractivity contribution in [2.75, 3.05) is 30.4 Å². The zero-order valence-corrected chi connectivity index (χ0v) is 30.3. The fourth-order valence-corrected chi connectivity index (χ4v) is 8.01. The fraction of sp³-hybridized carbons (Fsp3) is 0.139. The molecular weight excluding hydrogens is 723 g/mol. The van der Waals surface area contributed by atoms with Gasteiger partial charge in [0.2, 0.25) is 0 Å². The molecule has 0 saturated carbocycles. The summed E-state index contributed by atoms with van der Waals surface area (Å²) in [7, 11) is -1.53. The van der Waals surface area contributed by atoms with Crippen LogP contribution in [-0.4, -0.2) is 46.8 Å². The number of benzene rings is 4. The summed E-state index contributed by atoms with van der Waals surface area (Å²) >= 11 is 13.3. The molecule has 5 aromatic rings. The van der Waals surface area contributed by atoms with Crippen LogP contribution in [0.15, 0.2) is 95.9 Å². The molecule has 4 aromatic carbocycles. The van der Waals surface area contributed by atoms with Gasteiger partial charge in [-0.1, -0.05) is 53.5 Å². The molecule has 1 amide bonds. The zero-order chi connectivity index (χ0) is 36.2. The molecule has 1 heterocycles. The van der Waals surface area contributed by atoms with Crippen LogP contribution < -0.4 is 23.8 Å². The highest BCUT2D eigenvalue weighted by molar-refractivity contribution is 7.93. The lowest BCUT2D eigenvalue weighted by Crippen LogP contribution is -2.28. The second kappa shape index (κ2) is 15.3. The number of carbonyl (C=O) groups is 3. The maximum absolute atomic E-state index is 13.8. The maximum Gasteiger partial charge on any atom is 0.343 e. The number of carbonyl (C=O) groups excluding carboxylic acids is 3. The van der Waals surface area contributed by atoms with E-state index < -0.39 is 21.9 Å². The van der Waals surface area contributed by atoms with Crippen molar-refractivity contribution in [3.63, 3.8) is 0 Å². The third kappa shape index (κ3) is 7.95. The molecule has 0 aliphatic heterocycles. The van der Waals surface area contributed by atoms with E-state index in [4.69, 9.17) is 37.4 Å². The molecule has 0 aliphatic carbocycles. The van der Waals surface area contributed by atoms with Crippen molar-refractivity contribution in [2.24, 2.45) is 0 Å². The Morgan fingerprint density at radius 3 is 2.24 bits per heavy atom. The van der Waals surface area contributed by atoms with E-state index in [9.17, 15) is 22.8 Å². The van der Waals surface area contributed by atoms with Gasteiger partial charge in [-0.2, -0.15) is 0 Å². The van der Waals surface area contributed by atoms with Gasteiger partial charge in [0.05, 0.1) is 29.3 Å². The summed E-state index contributed by atoms with van der Waals surface area (Å²) in [5, 5.41) is 2.72. The predicted octanol–water partition coefficient (Wildman–Crippen LogP) is 8.30. The van der Waals surface area contributed by atoms with Crippen LogP contribution in [0.3, 0.4) is 0 Å². The normalized spacial score (nSPS) is 11.1. The number of amides is 1. The number of rotatable bonds is 12. The van der Waals surface area contributed by atoms with Crippen LogP contribution in [0.1, 0.15) is 48.4 Å². The number of anilines is 2. The number of ether oxygens (including phenoxy) is 3. The minimum Gasteiger partial charge on any atom is -0.493 e. The van der Waals surface area contributed by atoms with E-state index in [0.29, 0.717) is 34.8 Å². The number of halogens is 2. The second-order valence-corrected chi connectivity index (χ2v) is 14.8. The molecule has 0 aliphatic rings. The lowest BCUT2D eigenvalue weighted by molar-refractivity contribution is 0.0733. The van der Waals surface area contributed by atoms with Crippen molar-refractivity contribution in [1.82, 2.24) is 0 Å². The third-order valence-electron chi connectivity index (χ3n) is 7.39. The maximum atomic E-state index is 13.8. The van der Waals surface area contributed by atoms with Crippen molar-refractivity contribution in [2.45, 2.75) is 18.7 Å². The first kappa shape index (κ1) is 36.4. The molecule has 5 rings (SSSR count). The van der Waals surface area contributed by atoms with Crippen LogP contribution in [0, 0.1) is 6.92 Å². The van der Waals surface area contributed by atoms with Crippen LogP contribution in [0.5, 0.6) is 17.2 Å². The number of esters is 1. The first-order valence-electron chi connectivity index (χ1n) is 15.0. The predicted molar refractivity (Wildman–Crippen MR) is 194 cm³/mol. The molecular formula is C36H30Cl2N2O8S2. The first-order valence-corrected chi connectivity index (χ1v) is 18.0. The molecule has 0 saturated heterocycles. The largest absolute Gasteiger partial charge is 0.493 e. The number of aryl methyl sites for hydroxylation is 1. The van der Waals surface area contributed by atoms with E-state index in [0.717, 1.165) is 15.6 Å². The Kier molecular flexibility index (Phi) is 11.2. The number of thiophene rings is 1. The van der Waals surface area contributed by atoms with Gasteiger partial charge < -0.3 is 19.5 Å². The second-order valence-electron chi connectivity index (χ2n) is 10.7. The molecule has 258 valence electrons. The van der Waals surface area contributed by atoms with Gasteiger partial charge >= 0.3 is 5.97 Å². The van der Waals surface area contributed by atoms with Gasteiger partial charge in [-0.3, -0.25) is 13.9 Å². The average molecular weight is 754 g/mol. The Labute approximate surface area is 303 Å². The standard InChI is InChI=1S/C36H30Cl2N2O8S2/c1-5-47-29-14-12-27(19-30(29)46-4)40(3)50(44,45)31-20-32(38)49-34(31)35(42)39-26-17-24(16-25(37)18-26)36(43)48-28-13-11-23(15-21(28)2)33(41)22-9-7-6-8-10-22/h6-20H,5H2,1-4H3,(H,39,42). The highest BCUT2D eigenvalue weighted by Crippen LogP contribution is 2.37. The van der Waals surface area contributed by atoms with Gasteiger partial charge in [-0.15, -0.1) is 11.3 Å². The van der Waals surface area contributed by atoms with Crippen LogP contribution in [0.2, 0.25) is 9.36 Å². The third-order valence-corrected chi connectivity index (χ3v) is 10.8. The summed E-state index contributed by atoms with van der Waals surface area (Å²) in [6, 6.07) is 23.5. The Hall–Kier alpha value is -4.88. The molecule has 0 atom stereocenters. The number of methoxy groups -OCH3 is 1. The van der Waals surface area contributed by atoms with Crippen LogP contribution in [0.4, 0.5) is 11.4 Å². The minimum absolute atomic E-state index is 0.0119. The fourth-order valence-electron chi connectivity index (χ4n) is 4.90. The van der Waals surface area contributed by atoms with Crippen LogP contribution >= 0.6 is 34.5 Å². The van der Waals surface area contributed by atoms with Gasteiger partial charge in [-0.05, 0) is 74.0 Å². The van der Waals surface area contributed by atoms with Gasteiger partial charge in [-0.25, -0.2) is 13.2 Å². The molecule has 0 radical (unpaired) electrons. The molecule has 1 aromatic heterocycles. The topological polar surface area (TPSA) is 128 Å². The number of nitrogens with one attached hydrogen (secondary N) is 1. The van der Waals surface area contributed by atoms with Crippen molar-refractivity contribution in [3.8, 4) is 17.2 Å². The highest BCUT2D eigenvalue weighted by Gasteiger charge is 2.31. The van der Waals surface area contributed by atoms with E-state index in [1.54, 1.807) is 55.5 Å². The van der Waals surface area contributed by atoms with Crippen molar-refractivity contribution in [3.05, 3.63) is 127 Å². The Bertz CT molecular complexity index is 2210. The van der Waals surface area contributed by atoms with Crippen molar-refractivity contribution < 1.29 is 37.0 Å². The van der Waals surface area contributed by atoms with E-state index in [1.165, 1.54) is 50.6 Å². The molecule has 10 nitrogen and oxygen atoms in total. The zero-order valence-electron chi connectivity index (χ0n) is 27.2. The summed E-state index contributed by atoms with van der Waals surface area (Å²) in [6.45, 7) is 3.90. The van der Waals surface area contributed by atoms with E-state index in [2.05, 4.69) is 5.32 Å². The number of ketones is 1. The molecule has 0 fully saturated rings. The van der Waals surface area contributed by atoms with E-state index in [-0.39, 0.29) is 47.6 Å². The molecule has 14 heteroatoms. The Morgan fingerprint density at radius 1 is 0.840 bits per heavy atom. The number of sulfonamides is 1. The van der Waals surface area contributed by atoms with Gasteiger partial charge in [0, 0.05) is 35.0 Å². The molecule has 0 unspecified atom stereocenters. The lowest BCUT2D eigenvalue weighted by atomic mass is 10.0. The SMILES string of the molecule is CCOc1ccc(N(C)S(=O)(=O)c2cc(Cl)sc2C(=O)Nc2cc(Cl)cc(C(=O)Oc3ccc(C(=O)c4ccccc4)cc3C)c2)cc1OC. The summed E-state index contributed by atoms with van der Waals surface area (Å²) < 4.78 is 45.1. The summed E-state index contributed by atoms with van der Waals surface area (Å²) in [4.78, 5) is 39.0. The average Bonchev–Trinajstić information content (AvgIpc) is 3.51. The van der Waals surface area contributed by atoms with E-state index in [1.807, 2.05) is 13.0 Å². The van der Waals surface area contributed by atoms with Gasteiger partial charge in [0.1, 0.15) is 15.5 Å². The Morgan fingerprint density at radius 2 is 1.56 bits per heavy atom. The molecule has 0 spiro atoms. The number of hydrogen-bond donors (Lipinski definition) is 1. The van der Waals surface area contributed by atoms with Crippen molar-refractivity contribution in [1.29, 1.82) is 0 Å². The first-order chi connectivity index (χ1) is 23.8. The number of nitrogens with zero attached hydrogens (tertiary/aromatic N) is 1. The highest BCUT2D eigenvalue weighted by atomic mass is 35.5. The Balaban J connectivity index is 1.35. The smallest absolute Gasteiger partial charge is 0.343 e. The quantitative estimate of drug-likeness (QED) is 0.0766. The van der Waals surface area contributed by atoms with Gasteiger partial charge in [0.25, 0.3) is 15.9 Å². The lowest BCUT2D eigenvalue weighted by Gasteiger charge is -2.21. The summed E-state index contributed by atoms with van der Waals surface area (Å²) in [5.74, 6) is -0.752. The van der Waals surface area contributed by atoms with Gasteiger partial charge in [0.15, 0.2) is 17.3 Å². The minimum atomic E-state index is -4.30. The summed E-state index contributed by atoms with van der Waals surface area (Å²) in [6.07, 6.45) is 0. The molecule has 50 heavy (non-hydrogen) atoms. The van der Waals surface area contributed by atoms with E-state index >= 15 is 0 Å². The monoisotopic (exact) mass is 752 g/mol. The molecule has 0 bridgehead atoms. The van der Waals surface area contributed by atoms with Crippen molar-refractivity contribution >= 4 is 73.6 Å². The number of hydrogen-bond acceptors (Lipinski definition) is 9. The van der Waals surface area contributed by atoms with Crippen LogP contribution in [-0.2, 0) is 10.0 Å².